The maximum Gasteiger partial charge on any atom is 0.317 e. The fourth-order valence-corrected chi connectivity index (χ4v) is 4.06. The standard InChI is InChI=1S/C17H22N2O2S/c1-12(15-11-22-16-5-3-2-4-14(15)16)18-17(21)19-8-6-13(10-20)7-9-19/h2-5,11-13,20H,6-10H2,1H3,(H,18,21). The van der Waals surface area contributed by atoms with Gasteiger partial charge in [-0.05, 0) is 48.1 Å². The van der Waals surface area contributed by atoms with E-state index in [9.17, 15) is 4.79 Å². The summed E-state index contributed by atoms with van der Waals surface area (Å²) in [4.78, 5) is 14.2. The number of nitrogens with one attached hydrogen (secondary N) is 1. The lowest BCUT2D eigenvalue weighted by molar-refractivity contribution is 0.136. The molecule has 4 nitrogen and oxygen atoms in total. The maximum absolute atomic E-state index is 12.4. The molecule has 2 aromatic rings. The average molecular weight is 318 g/mol. The first-order valence-corrected chi connectivity index (χ1v) is 8.69. The Morgan fingerprint density at radius 1 is 1.41 bits per heavy atom. The molecule has 0 aliphatic carbocycles. The number of carbonyl (C=O) groups excluding carboxylic acids is 1. The fourth-order valence-electron chi connectivity index (χ4n) is 3.01. The lowest BCUT2D eigenvalue weighted by Gasteiger charge is -2.32. The summed E-state index contributed by atoms with van der Waals surface area (Å²) < 4.78 is 1.25. The van der Waals surface area contributed by atoms with E-state index >= 15 is 0 Å². The van der Waals surface area contributed by atoms with Crippen molar-refractivity contribution in [1.82, 2.24) is 10.2 Å². The van der Waals surface area contributed by atoms with Crippen LogP contribution >= 0.6 is 11.3 Å². The van der Waals surface area contributed by atoms with Gasteiger partial charge in [0.2, 0.25) is 0 Å². The molecule has 1 fully saturated rings. The van der Waals surface area contributed by atoms with Gasteiger partial charge in [-0.15, -0.1) is 11.3 Å². The van der Waals surface area contributed by atoms with Gasteiger partial charge in [-0.3, -0.25) is 0 Å². The second-order valence-corrected chi connectivity index (χ2v) is 6.88. The summed E-state index contributed by atoms with van der Waals surface area (Å²) in [5, 5.41) is 15.6. The number of rotatable bonds is 3. The third-order valence-electron chi connectivity index (χ3n) is 4.48. The number of likely N-dealkylation sites (tertiary alicyclic amines) is 1. The minimum atomic E-state index is -0.000768. The predicted molar refractivity (Wildman–Crippen MR) is 90.2 cm³/mol. The van der Waals surface area contributed by atoms with E-state index in [0.29, 0.717) is 5.92 Å². The number of urea groups is 1. The van der Waals surface area contributed by atoms with Crippen LogP contribution in [0.4, 0.5) is 4.79 Å². The van der Waals surface area contributed by atoms with E-state index < -0.39 is 0 Å². The highest BCUT2D eigenvalue weighted by molar-refractivity contribution is 7.17. The van der Waals surface area contributed by atoms with Crippen LogP contribution in [0.15, 0.2) is 29.6 Å². The van der Waals surface area contributed by atoms with Gasteiger partial charge in [0.25, 0.3) is 0 Å². The number of aliphatic hydroxyl groups excluding tert-OH is 1. The summed E-state index contributed by atoms with van der Waals surface area (Å²) in [7, 11) is 0. The van der Waals surface area contributed by atoms with Crippen molar-refractivity contribution < 1.29 is 9.90 Å². The summed E-state index contributed by atoms with van der Waals surface area (Å²) >= 11 is 1.72. The fraction of sp³-hybridized carbons (Fsp3) is 0.471. The van der Waals surface area contributed by atoms with Gasteiger partial charge in [-0.25, -0.2) is 4.79 Å². The Kier molecular flexibility index (Phi) is 4.64. The molecule has 0 spiro atoms. The summed E-state index contributed by atoms with van der Waals surface area (Å²) in [6, 6.07) is 8.29. The number of benzene rings is 1. The van der Waals surface area contributed by atoms with Crippen LogP contribution < -0.4 is 5.32 Å². The molecule has 5 heteroatoms. The molecule has 0 saturated carbocycles. The van der Waals surface area contributed by atoms with Crippen LogP contribution in [-0.4, -0.2) is 35.7 Å². The summed E-state index contributed by atoms with van der Waals surface area (Å²) in [6.45, 7) is 3.72. The van der Waals surface area contributed by atoms with E-state index in [2.05, 4.69) is 22.8 Å². The van der Waals surface area contributed by atoms with Gasteiger partial charge >= 0.3 is 6.03 Å². The molecule has 1 aliphatic heterocycles. The number of hydrogen-bond acceptors (Lipinski definition) is 3. The minimum absolute atomic E-state index is 0.000727. The third kappa shape index (κ3) is 3.10. The SMILES string of the molecule is CC(NC(=O)N1CCC(CO)CC1)c1csc2ccccc12. The van der Waals surface area contributed by atoms with E-state index in [0.717, 1.165) is 25.9 Å². The normalized spacial score (nSPS) is 17.6. The Labute approximate surface area is 134 Å². The zero-order chi connectivity index (χ0) is 15.5. The summed E-state index contributed by atoms with van der Waals surface area (Å²) in [6.07, 6.45) is 1.78. The number of aliphatic hydroxyl groups is 1. The molecular formula is C17H22N2O2S. The van der Waals surface area contributed by atoms with Gasteiger partial charge < -0.3 is 15.3 Å². The molecule has 2 amide bonds. The van der Waals surface area contributed by atoms with Gasteiger partial charge in [-0.1, -0.05) is 18.2 Å². The molecule has 0 bridgehead atoms. The van der Waals surface area contributed by atoms with Gasteiger partial charge in [0.1, 0.15) is 0 Å². The Bertz CT molecular complexity index is 647. The number of thiophene rings is 1. The topological polar surface area (TPSA) is 52.6 Å². The average Bonchev–Trinajstić information content (AvgIpc) is 2.99. The van der Waals surface area contributed by atoms with Crippen LogP contribution in [0.1, 0.15) is 31.4 Å². The molecule has 1 atom stereocenters. The van der Waals surface area contributed by atoms with Crippen LogP contribution in [0.5, 0.6) is 0 Å². The second kappa shape index (κ2) is 6.67. The van der Waals surface area contributed by atoms with Crippen molar-refractivity contribution in [2.45, 2.75) is 25.8 Å². The number of fused-ring (bicyclic) bond motifs is 1. The van der Waals surface area contributed by atoms with E-state index in [4.69, 9.17) is 5.11 Å². The van der Waals surface area contributed by atoms with Crippen molar-refractivity contribution in [1.29, 1.82) is 0 Å². The molecule has 118 valence electrons. The lowest BCUT2D eigenvalue weighted by atomic mass is 9.98. The van der Waals surface area contributed by atoms with E-state index in [-0.39, 0.29) is 18.7 Å². The molecule has 0 radical (unpaired) electrons. The molecule has 1 saturated heterocycles. The summed E-state index contributed by atoms with van der Waals surface area (Å²) in [5.74, 6) is 0.349. The Morgan fingerprint density at radius 3 is 2.86 bits per heavy atom. The monoisotopic (exact) mass is 318 g/mol. The highest BCUT2D eigenvalue weighted by Gasteiger charge is 2.23. The zero-order valence-electron chi connectivity index (χ0n) is 12.8. The first-order valence-electron chi connectivity index (χ1n) is 7.81. The zero-order valence-corrected chi connectivity index (χ0v) is 13.6. The van der Waals surface area contributed by atoms with Crippen LogP contribution in [-0.2, 0) is 0 Å². The molecular weight excluding hydrogens is 296 g/mol. The molecule has 22 heavy (non-hydrogen) atoms. The van der Waals surface area contributed by atoms with Gasteiger partial charge in [0.15, 0.2) is 0 Å². The smallest absolute Gasteiger partial charge is 0.317 e. The summed E-state index contributed by atoms with van der Waals surface area (Å²) in [5.41, 5.74) is 1.18. The quantitative estimate of drug-likeness (QED) is 0.911. The molecule has 2 N–H and O–H groups in total. The number of nitrogens with zero attached hydrogens (tertiary/aromatic N) is 1. The number of amides is 2. The first kappa shape index (κ1) is 15.3. The van der Waals surface area contributed by atoms with Crippen molar-refractivity contribution in [3.63, 3.8) is 0 Å². The third-order valence-corrected chi connectivity index (χ3v) is 5.46. The van der Waals surface area contributed by atoms with E-state index in [1.165, 1.54) is 15.6 Å². The van der Waals surface area contributed by atoms with Crippen molar-refractivity contribution in [2.75, 3.05) is 19.7 Å². The highest BCUT2D eigenvalue weighted by Crippen LogP contribution is 2.30. The van der Waals surface area contributed by atoms with E-state index in [1.807, 2.05) is 24.0 Å². The van der Waals surface area contributed by atoms with Gasteiger partial charge in [0.05, 0.1) is 6.04 Å². The highest BCUT2D eigenvalue weighted by atomic mass is 32.1. The van der Waals surface area contributed by atoms with Crippen molar-refractivity contribution in [3.8, 4) is 0 Å². The van der Waals surface area contributed by atoms with Crippen molar-refractivity contribution in [3.05, 3.63) is 35.2 Å². The molecule has 2 heterocycles. The van der Waals surface area contributed by atoms with Crippen molar-refractivity contribution >= 4 is 27.5 Å². The predicted octanol–water partition coefficient (Wildman–Crippen LogP) is 3.38. The van der Waals surface area contributed by atoms with Crippen molar-refractivity contribution in [2.24, 2.45) is 5.92 Å². The van der Waals surface area contributed by atoms with Gasteiger partial charge in [-0.2, -0.15) is 0 Å². The molecule has 3 rings (SSSR count). The lowest BCUT2D eigenvalue weighted by Crippen LogP contribution is -2.45. The van der Waals surface area contributed by atoms with E-state index in [1.54, 1.807) is 11.3 Å². The Hall–Kier alpha value is -1.59. The minimum Gasteiger partial charge on any atom is -0.396 e. The largest absolute Gasteiger partial charge is 0.396 e. The second-order valence-electron chi connectivity index (χ2n) is 5.97. The number of piperidine rings is 1. The molecule has 1 aromatic heterocycles. The maximum atomic E-state index is 12.4. The number of hydrogen-bond donors (Lipinski definition) is 2. The molecule has 1 aromatic carbocycles. The molecule has 1 unspecified atom stereocenters. The van der Waals surface area contributed by atoms with Crippen LogP contribution in [0.25, 0.3) is 10.1 Å². The first-order chi connectivity index (χ1) is 10.7. The Morgan fingerprint density at radius 2 is 2.14 bits per heavy atom. The van der Waals surface area contributed by atoms with Crippen LogP contribution in [0, 0.1) is 5.92 Å². The van der Waals surface area contributed by atoms with Crippen LogP contribution in [0.3, 0.4) is 0 Å². The van der Waals surface area contributed by atoms with Gasteiger partial charge in [0, 0.05) is 24.4 Å². The number of carbonyl (C=O) groups is 1. The van der Waals surface area contributed by atoms with Crippen LogP contribution in [0.2, 0.25) is 0 Å². The molecule has 1 aliphatic rings. The Balaban J connectivity index is 1.64.